The lowest BCUT2D eigenvalue weighted by Crippen LogP contribution is -2.40. The summed E-state index contributed by atoms with van der Waals surface area (Å²) in [6.07, 6.45) is 13.1. The van der Waals surface area contributed by atoms with Crippen molar-refractivity contribution in [1.82, 2.24) is 14.9 Å². The van der Waals surface area contributed by atoms with E-state index in [2.05, 4.69) is 46.1 Å². The Morgan fingerprint density at radius 2 is 1.92 bits per heavy atom. The van der Waals surface area contributed by atoms with Gasteiger partial charge in [-0.05, 0) is 74.0 Å². The summed E-state index contributed by atoms with van der Waals surface area (Å²) < 4.78 is 2.05. The van der Waals surface area contributed by atoms with Crippen LogP contribution in [0.25, 0.3) is 5.69 Å². The largest absolute Gasteiger partial charge is 0.307 e. The van der Waals surface area contributed by atoms with Crippen LogP contribution in [0.15, 0.2) is 43.0 Å². The molecule has 0 aliphatic heterocycles. The molecular weight excluding hydrogens is 294 g/mol. The second-order valence-corrected chi connectivity index (χ2v) is 8.21. The zero-order valence-corrected chi connectivity index (χ0v) is 14.4. The molecule has 3 aliphatic rings. The smallest absolute Gasteiger partial charge is 0.0991 e. The fraction of sp³-hybridized carbons (Fsp3) is 0.571. The van der Waals surface area contributed by atoms with Crippen LogP contribution in [0.4, 0.5) is 0 Å². The summed E-state index contributed by atoms with van der Waals surface area (Å²) in [7, 11) is 0. The Morgan fingerprint density at radius 1 is 1.08 bits per heavy atom. The third-order valence-corrected chi connectivity index (χ3v) is 7.09. The SMILES string of the molecule is C[C@H](N[C@@H]1C[C@H]2C[C@H]1[C@H]1CCC[C@@H]21)c1ccc(-n2ccnc2)cc1. The van der Waals surface area contributed by atoms with E-state index >= 15 is 0 Å². The molecule has 3 fully saturated rings. The minimum Gasteiger partial charge on any atom is -0.307 e. The maximum Gasteiger partial charge on any atom is 0.0991 e. The zero-order valence-electron chi connectivity index (χ0n) is 14.4. The van der Waals surface area contributed by atoms with E-state index in [9.17, 15) is 0 Å². The number of rotatable bonds is 4. The topological polar surface area (TPSA) is 29.9 Å². The molecular formula is C21H27N3. The fourth-order valence-corrected chi connectivity index (χ4v) is 6.02. The van der Waals surface area contributed by atoms with Crippen molar-refractivity contribution < 1.29 is 0 Å². The average Bonchev–Trinajstić information content (AvgIpc) is 3.36. The van der Waals surface area contributed by atoms with Gasteiger partial charge in [-0.1, -0.05) is 18.6 Å². The van der Waals surface area contributed by atoms with Gasteiger partial charge >= 0.3 is 0 Å². The summed E-state index contributed by atoms with van der Waals surface area (Å²) >= 11 is 0. The molecule has 1 aromatic heterocycles. The highest BCUT2D eigenvalue weighted by Gasteiger charge is 2.53. The van der Waals surface area contributed by atoms with Crippen molar-refractivity contribution in [2.45, 2.75) is 51.1 Å². The number of aromatic nitrogens is 2. The lowest BCUT2D eigenvalue weighted by Gasteiger charge is -2.34. The molecule has 6 atom stereocenters. The molecule has 1 N–H and O–H groups in total. The molecule has 2 aromatic rings. The molecule has 1 aromatic carbocycles. The number of hydrogen-bond acceptors (Lipinski definition) is 2. The molecule has 0 spiro atoms. The van der Waals surface area contributed by atoms with Gasteiger partial charge < -0.3 is 9.88 Å². The van der Waals surface area contributed by atoms with Crippen molar-refractivity contribution in [1.29, 1.82) is 0 Å². The number of nitrogens with zero attached hydrogens (tertiary/aromatic N) is 2. The van der Waals surface area contributed by atoms with Crippen LogP contribution in [0.5, 0.6) is 0 Å². The zero-order chi connectivity index (χ0) is 16.1. The van der Waals surface area contributed by atoms with E-state index in [0.29, 0.717) is 6.04 Å². The third kappa shape index (κ3) is 2.33. The Bertz CT molecular complexity index is 690. The second-order valence-electron chi connectivity index (χ2n) is 8.21. The molecule has 24 heavy (non-hydrogen) atoms. The van der Waals surface area contributed by atoms with Crippen molar-refractivity contribution >= 4 is 0 Å². The van der Waals surface area contributed by atoms with E-state index in [4.69, 9.17) is 0 Å². The Kier molecular flexibility index (Phi) is 3.51. The van der Waals surface area contributed by atoms with Gasteiger partial charge in [-0.25, -0.2) is 4.98 Å². The van der Waals surface area contributed by atoms with E-state index in [0.717, 1.165) is 29.7 Å². The molecule has 1 heterocycles. The van der Waals surface area contributed by atoms with Gasteiger partial charge in [-0.2, -0.15) is 0 Å². The van der Waals surface area contributed by atoms with Crippen LogP contribution in [-0.4, -0.2) is 15.6 Å². The molecule has 3 saturated carbocycles. The van der Waals surface area contributed by atoms with Crippen LogP contribution in [0.2, 0.25) is 0 Å². The lowest BCUT2D eigenvalue weighted by atomic mass is 9.79. The molecule has 0 saturated heterocycles. The molecule has 3 nitrogen and oxygen atoms in total. The molecule has 0 amide bonds. The maximum absolute atomic E-state index is 4.12. The normalized spacial score (nSPS) is 35.3. The summed E-state index contributed by atoms with van der Waals surface area (Å²) in [5.74, 6) is 4.10. The highest BCUT2D eigenvalue weighted by molar-refractivity contribution is 5.35. The van der Waals surface area contributed by atoms with E-state index in [1.807, 2.05) is 18.7 Å². The minimum atomic E-state index is 0.436. The molecule has 5 rings (SSSR count). The first-order chi connectivity index (χ1) is 11.8. The number of nitrogens with one attached hydrogen (secondary N) is 1. The summed E-state index contributed by atoms with van der Waals surface area (Å²) in [4.78, 5) is 4.12. The van der Waals surface area contributed by atoms with Gasteiger partial charge in [-0.3, -0.25) is 0 Å². The summed E-state index contributed by atoms with van der Waals surface area (Å²) in [5, 5.41) is 3.97. The van der Waals surface area contributed by atoms with Gasteiger partial charge in [0.25, 0.3) is 0 Å². The number of fused-ring (bicyclic) bond motifs is 5. The van der Waals surface area contributed by atoms with E-state index in [-0.39, 0.29) is 0 Å². The molecule has 3 aliphatic carbocycles. The quantitative estimate of drug-likeness (QED) is 0.907. The summed E-state index contributed by atoms with van der Waals surface area (Å²) in [6.45, 7) is 2.32. The van der Waals surface area contributed by atoms with E-state index < -0.39 is 0 Å². The minimum absolute atomic E-state index is 0.436. The van der Waals surface area contributed by atoms with Crippen LogP contribution in [-0.2, 0) is 0 Å². The van der Waals surface area contributed by atoms with Gasteiger partial charge in [0.15, 0.2) is 0 Å². The first kappa shape index (κ1) is 14.7. The standard InChI is InChI=1S/C21H27N3/c1-14(15-5-7-17(8-6-15)24-10-9-22-13-24)23-21-12-16-11-20(21)19-4-2-3-18(16)19/h5-10,13-14,16,18-21,23H,2-4,11-12H2,1H3/t14-,16+,18-,19-,20-,21+/m0/s1. The first-order valence-electron chi connectivity index (χ1n) is 9.64. The third-order valence-electron chi connectivity index (χ3n) is 7.09. The van der Waals surface area contributed by atoms with Crippen LogP contribution in [0.1, 0.15) is 50.6 Å². The Hall–Kier alpha value is -1.61. The van der Waals surface area contributed by atoms with Crippen molar-refractivity contribution in [2.75, 3.05) is 0 Å². The molecule has 126 valence electrons. The average molecular weight is 321 g/mol. The first-order valence-corrected chi connectivity index (χ1v) is 9.64. The molecule has 0 unspecified atom stereocenters. The van der Waals surface area contributed by atoms with Crippen LogP contribution in [0, 0.1) is 23.7 Å². The van der Waals surface area contributed by atoms with Crippen LogP contribution < -0.4 is 5.32 Å². The van der Waals surface area contributed by atoms with Crippen molar-refractivity contribution in [3.8, 4) is 5.69 Å². The van der Waals surface area contributed by atoms with Crippen molar-refractivity contribution in [3.63, 3.8) is 0 Å². The van der Waals surface area contributed by atoms with Crippen LogP contribution >= 0.6 is 0 Å². The highest BCUT2D eigenvalue weighted by Crippen LogP contribution is 2.58. The maximum atomic E-state index is 4.12. The number of benzene rings is 1. The van der Waals surface area contributed by atoms with Crippen molar-refractivity contribution in [3.05, 3.63) is 48.5 Å². The number of imidazole rings is 1. The second kappa shape index (κ2) is 5.73. The molecule has 2 bridgehead atoms. The van der Waals surface area contributed by atoms with Gasteiger partial charge in [0.2, 0.25) is 0 Å². The molecule has 3 heteroatoms. The Balaban J connectivity index is 1.27. The Morgan fingerprint density at radius 3 is 2.71 bits per heavy atom. The van der Waals surface area contributed by atoms with Crippen molar-refractivity contribution in [2.24, 2.45) is 23.7 Å². The summed E-state index contributed by atoms with van der Waals surface area (Å²) in [6, 6.07) is 10.1. The number of hydrogen-bond donors (Lipinski definition) is 1. The van der Waals surface area contributed by atoms with Gasteiger partial charge in [0.1, 0.15) is 0 Å². The van der Waals surface area contributed by atoms with Crippen LogP contribution in [0.3, 0.4) is 0 Å². The highest BCUT2D eigenvalue weighted by atomic mass is 15.0. The van der Waals surface area contributed by atoms with E-state index in [1.54, 1.807) is 0 Å². The predicted octanol–water partition coefficient (Wildman–Crippen LogP) is 4.35. The van der Waals surface area contributed by atoms with E-state index in [1.165, 1.54) is 43.4 Å². The lowest BCUT2D eigenvalue weighted by molar-refractivity contribution is 0.200. The monoisotopic (exact) mass is 321 g/mol. The summed E-state index contributed by atoms with van der Waals surface area (Å²) in [5.41, 5.74) is 2.57. The molecule has 0 radical (unpaired) electrons. The van der Waals surface area contributed by atoms with Gasteiger partial charge in [0.05, 0.1) is 6.33 Å². The van der Waals surface area contributed by atoms with Gasteiger partial charge in [0, 0.05) is 30.2 Å². The Labute approximate surface area is 144 Å². The van der Waals surface area contributed by atoms with Gasteiger partial charge in [-0.15, -0.1) is 0 Å². The predicted molar refractivity (Wildman–Crippen MR) is 95.9 cm³/mol. The fourth-order valence-electron chi connectivity index (χ4n) is 6.02.